The molecule has 2 aliphatic heterocycles. The summed E-state index contributed by atoms with van der Waals surface area (Å²) in [6.07, 6.45) is 9.42. The summed E-state index contributed by atoms with van der Waals surface area (Å²) in [4.78, 5) is 11.8. The maximum absolute atomic E-state index is 14.1. The van der Waals surface area contributed by atoms with Crippen LogP contribution in [-0.4, -0.2) is 52.5 Å². The lowest BCUT2D eigenvalue weighted by molar-refractivity contribution is 0.0764. The summed E-state index contributed by atoms with van der Waals surface area (Å²) in [7, 11) is 0. The molecular weight excluding hydrogens is 453 g/mol. The van der Waals surface area contributed by atoms with Gasteiger partial charge in [-0.2, -0.15) is 10.3 Å². The van der Waals surface area contributed by atoms with Crippen molar-refractivity contribution >= 4 is 29.1 Å². The van der Waals surface area contributed by atoms with Crippen LogP contribution in [0.15, 0.2) is 46.4 Å². The summed E-state index contributed by atoms with van der Waals surface area (Å²) in [6, 6.07) is 8.99. The monoisotopic (exact) mass is 479 g/mol. The fourth-order valence-corrected chi connectivity index (χ4v) is 5.40. The van der Waals surface area contributed by atoms with Crippen LogP contribution in [0, 0.1) is 17.3 Å². The number of nitrogens with one attached hydrogen (secondary N) is 1. The van der Waals surface area contributed by atoms with E-state index >= 15 is 0 Å². The zero-order valence-electron chi connectivity index (χ0n) is 18.9. The highest BCUT2D eigenvalue weighted by atomic mass is 32.2. The van der Waals surface area contributed by atoms with Crippen molar-refractivity contribution in [3.05, 3.63) is 53.6 Å². The Morgan fingerprint density at radius 2 is 2.21 bits per heavy atom. The quantitative estimate of drug-likeness (QED) is 0.257. The van der Waals surface area contributed by atoms with Gasteiger partial charge in [-0.15, -0.1) is 16.9 Å². The van der Waals surface area contributed by atoms with E-state index in [1.54, 1.807) is 28.5 Å². The minimum Gasteiger partial charge on any atom is -0.379 e. The number of hydrogen-bond donors (Lipinski definition) is 1. The molecule has 3 aromatic rings. The van der Waals surface area contributed by atoms with Crippen LogP contribution in [0.1, 0.15) is 43.0 Å². The van der Waals surface area contributed by atoms with Crippen molar-refractivity contribution in [3.63, 3.8) is 0 Å². The van der Waals surface area contributed by atoms with Gasteiger partial charge in [0, 0.05) is 18.0 Å². The molecule has 176 valence electrons. The number of hydrogen-bond acceptors (Lipinski definition) is 7. The molecule has 0 aliphatic carbocycles. The predicted octanol–water partition coefficient (Wildman–Crippen LogP) is 3.93. The number of thioether (sulfide) groups is 1. The molecular formula is C24H26FN7OS. The number of imidazole rings is 1. The summed E-state index contributed by atoms with van der Waals surface area (Å²) in [6.45, 7) is 2.15. The van der Waals surface area contributed by atoms with Crippen molar-refractivity contribution in [1.29, 1.82) is 5.26 Å². The van der Waals surface area contributed by atoms with E-state index in [0.29, 0.717) is 23.8 Å². The Bertz CT molecular complexity index is 1250. The van der Waals surface area contributed by atoms with E-state index < -0.39 is 0 Å². The molecule has 1 N–H and O–H groups in total. The van der Waals surface area contributed by atoms with Crippen LogP contribution in [0.3, 0.4) is 0 Å². The first-order chi connectivity index (χ1) is 16.7. The predicted molar refractivity (Wildman–Crippen MR) is 130 cm³/mol. The Balaban J connectivity index is 1.49. The second-order valence-corrected chi connectivity index (χ2v) is 9.31. The Morgan fingerprint density at radius 1 is 1.29 bits per heavy atom. The first-order valence-corrected chi connectivity index (χ1v) is 12.7. The number of halogens is 1. The van der Waals surface area contributed by atoms with Gasteiger partial charge < -0.3 is 15.0 Å². The van der Waals surface area contributed by atoms with Crippen molar-refractivity contribution in [2.24, 2.45) is 4.99 Å². The van der Waals surface area contributed by atoms with Crippen LogP contribution >= 0.6 is 11.8 Å². The lowest BCUT2D eigenvalue weighted by Crippen LogP contribution is -2.41. The van der Waals surface area contributed by atoms with Gasteiger partial charge in [-0.05, 0) is 67.8 Å². The summed E-state index contributed by atoms with van der Waals surface area (Å²) in [5.74, 6) is 0.987. The third-order valence-corrected chi connectivity index (χ3v) is 7.16. The van der Waals surface area contributed by atoms with E-state index in [4.69, 9.17) is 9.84 Å². The Kier molecular flexibility index (Phi) is 6.65. The zero-order chi connectivity index (χ0) is 23.5. The molecule has 2 atom stereocenters. The topological polar surface area (TPSA) is 90.8 Å². The number of rotatable bonds is 5. The fraction of sp³-hybridized carbons (Fsp3) is 0.417. The van der Waals surface area contributed by atoms with Crippen molar-refractivity contribution in [1.82, 2.24) is 19.9 Å². The zero-order valence-corrected chi connectivity index (χ0v) is 19.8. The van der Waals surface area contributed by atoms with Gasteiger partial charge in [-0.3, -0.25) is 0 Å². The number of amidine groups is 1. The fourth-order valence-electron chi connectivity index (χ4n) is 4.77. The van der Waals surface area contributed by atoms with E-state index in [1.165, 1.54) is 6.07 Å². The number of aromatic nitrogens is 3. The molecule has 2 aliphatic rings. The summed E-state index contributed by atoms with van der Waals surface area (Å²) >= 11 is 1.63. The summed E-state index contributed by atoms with van der Waals surface area (Å²) < 4.78 is 21.4. The maximum atomic E-state index is 14.1. The molecule has 2 saturated heterocycles. The van der Waals surface area contributed by atoms with Crippen molar-refractivity contribution < 1.29 is 9.13 Å². The van der Waals surface area contributed by atoms with Gasteiger partial charge in [0.15, 0.2) is 11.5 Å². The van der Waals surface area contributed by atoms with Gasteiger partial charge in [-0.25, -0.2) is 13.9 Å². The molecule has 0 spiro atoms. The average molecular weight is 480 g/mol. The molecule has 0 saturated carbocycles. The Labute approximate surface area is 201 Å². The lowest BCUT2D eigenvalue weighted by Gasteiger charge is -2.27. The van der Waals surface area contributed by atoms with Gasteiger partial charge in [0.2, 0.25) is 6.19 Å². The van der Waals surface area contributed by atoms with Crippen LogP contribution in [0.2, 0.25) is 0 Å². The molecule has 2 aromatic heterocycles. The first kappa shape index (κ1) is 22.6. The number of ether oxygens (including phenoxy) is 1. The maximum Gasteiger partial charge on any atom is 0.207 e. The molecule has 4 heterocycles. The van der Waals surface area contributed by atoms with Crippen molar-refractivity contribution in [3.8, 4) is 6.19 Å². The number of anilines is 1. The van der Waals surface area contributed by atoms with Gasteiger partial charge in [-0.1, -0.05) is 0 Å². The van der Waals surface area contributed by atoms with E-state index in [2.05, 4.69) is 20.2 Å². The SMILES string of the molecule is CSc1ccc(F)cc1C1CCCN1c1ccc2ncc(C(=NC#N)NC3CCCOC3)n2n1. The van der Waals surface area contributed by atoms with Gasteiger partial charge in [0.25, 0.3) is 0 Å². The minimum atomic E-state index is -0.227. The molecule has 0 bridgehead atoms. The molecule has 0 amide bonds. The van der Waals surface area contributed by atoms with Gasteiger partial charge in [0.05, 0.1) is 24.9 Å². The second kappa shape index (κ2) is 9.99. The number of aliphatic imine (C=N–C) groups is 1. The third-order valence-electron chi connectivity index (χ3n) is 6.35. The van der Waals surface area contributed by atoms with Crippen LogP contribution in [0.4, 0.5) is 10.2 Å². The molecule has 2 fully saturated rings. The molecule has 0 radical (unpaired) electrons. The smallest absolute Gasteiger partial charge is 0.207 e. The van der Waals surface area contributed by atoms with Gasteiger partial charge >= 0.3 is 0 Å². The Morgan fingerprint density at radius 3 is 3.00 bits per heavy atom. The third kappa shape index (κ3) is 4.45. The number of nitrogens with zero attached hydrogens (tertiary/aromatic N) is 6. The highest BCUT2D eigenvalue weighted by Gasteiger charge is 2.30. The van der Waals surface area contributed by atoms with Crippen molar-refractivity contribution in [2.75, 3.05) is 30.9 Å². The number of nitriles is 1. The molecule has 2 unspecified atom stereocenters. The summed E-state index contributed by atoms with van der Waals surface area (Å²) in [5.41, 5.74) is 2.27. The van der Waals surface area contributed by atoms with Crippen LogP contribution in [0.25, 0.3) is 5.65 Å². The molecule has 10 heteroatoms. The number of benzene rings is 1. The lowest BCUT2D eigenvalue weighted by atomic mass is 10.0. The Hall–Kier alpha value is -3.16. The van der Waals surface area contributed by atoms with E-state index in [0.717, 1.165) is 55.1 Å². The van der Waals surface area contributed by atoms with E-state index in [9.17, 15) is 9.65 Å². The van der Waals surface area contributed by atoms with Crippen LogP contribution in [0.5, 0.6) is 0 Å². The van der Waals surface area contributed by atoms with E-state index in [-0.39, 0.29) is 17.9 Å². The number of fused-ring (bicyclic) bond motifs is 1. The van der Waals surface area contributed by atoms with Crippen LogP contribution < -0.4 is 10.2 Å². The largest absolute Gasteiger partial charge is 0.379 e. The summed E-state index contributed by atoms with van der Waals surface area (Å²) in [5, 5.41) is 17.5. The van der Waals surface area contributed by atoms with Crippen LogP contribution in [-0.2, 0) is 4.74 Å². The second-order valence-electron chi connectivity index (χ2n) is 8.46. The highest BCUT2D eigenvalue weighted by Crippen LogP contribution is 2.39. The molecule has 8 nitrogen and oxygen atoms in total. The molecule has 5 rings (SSSR count). The first-order valence-electron chi connectivity index (χ1n) is 11.4. The van der Waals surface area contributed by atoms with E-state index in [1.807, 2.05) is 30.6 Å². The normalized spacial score (nSPS) is 21.1. The average Bonchev–Trinajstić information content (AvgIpc) is 3.51. The standard InChI is InChI=1S/C24H26FN7OS/c1-34-21-7-6-16(25)12-18(21)19-5-2-10-31(19)23-9-8-22-27-13-20(32(22)30-23)24(28-15-26)29-17-4-3-11-33-14-17/h6-9,12-13,17,19H,2-5,10-11,14H2,1H3,(H,28,29). The molecule has 1 aromatic carbocycles. The van der Waals surface area contributed by atoms with Gasteiger partial charge in [0.1, 0.15) is 17.3 Å². The molecule has 34 heavy (non-hydrogen) atoms. The highest BCUT2D eigenvalue weighted by molar-refractivity contribution is 7.98. The van der Waals surface area contributed by atoms with Crippen molar-refractivity contribution in [2.45, 2.75) is 42.7 Å². The minimum absolute atomic E-state index is 0.0415.